The van der Waals surface area contributed by atoms with Gasteiger partial charge in [-0.15, -0.1) is 0 Å². The fourth-order valence-corrected chi connectivity index (χ4v) is 5.14. The van der Waals surface area contributed by atoms with Crippen LogP contribution in [0, 0.1) is 16.0 Å². The maximum atomic E-state index is 14.1. The van der Waals surface area contributed by atoms with Crippen LogP contribution in [-0.2, 0) is 0 Å². The maximum Gasteiger partial charge on any atom is 0.270 e. The third-order valence-corrected chi connectivity index (χ3v) is 7.64. The van der Waals surface area contributed by atoms with Gasteiger partial charge in [0.15, 0.2) is 0 Å². The molecule has 1 heterocycles. The molecule has 0 N–H and O–H groups in total. The summed E-state index contributed by atoms with van der Waals surface area (Å²) >= 11 is 3.58. The van der Waals surface area contributed by atoms with Gasteiger partial charge in [0.05, 0.1) is 46.2 Å². The van der Waals surface area contributed by atoms with E-state index in [2.05, 4.69) is 15.9 Å². The van der Waals surface area contributed by atoms with Gasteiger partial charge < -0.3 is 14.4 Å². The molecule has 214 valence electrons. The minimum Gasteiger partial charge on any atom is -0.497 e. The normalized spacial score (nSPS) is 11.9. The molecule has 0 aliphatic heterocycles. The first-order valence-electron chi connectivity index (χ1n) is 13.1. The van der Waals surface area contributed by atoms with Crippen LogP contribution in [0.2, 0.25) is 0 Å². The number of nitro benzene ring substituents is 1. The Morgan fingerprint density at radius 3 is 2.46 bits per heavy atom. The molecular formula is C30H31BrN4O6. The van der Waals surface area contributed by atoms with Gasteiger partial charge >= 0.3 is 0 Å². The number of hydrogen-bond acceptors (Lipinski definition) is 7. The van der Waals surface area contributed by atoms with Crippen molar-refractivity contribution in [2.75, 3.05) is 20.8 Å². The molecule has 4 aromatic rings. The van der Waals surface area contributed by atoms with Crippen molar-refractivity contribution in [1.82, 2.24) is 14.5 Å². The first-order valence-corrected chi connectivity index (χ1v) is 13.9. The van der Waals surface area contributed by atoms with Gasteiger partial charge in [0.25, 0.3) is 17.2 Å². The highest BCUT2D eigenvalue weighted by Gasteiger charge is 2.29. The van der Waals surface area contributed by atoms with Crippen LogP contribution in [0.1, 0.15) is 49.4 Å². The average Bonchev–Trinajstić information content (AvgIpc) is 2.97. The number of benzene rings is 3. The predicted octanol–water partition coefficient (Wildman–Crippen LogP) is 6.32. The Morgan fingerprint density at radius 1 is 1.07 bits per heavy atom. The zero-order valence-corrected chi connectivity index (χ0v) is 25.0. The number of hydrogen-bond donors (Lipinski definition) is 0. The average molecular weight is 624 g/mol. The van der Waals surface area contributed by atoms with Crippen LogP contribution in [0.15, 0.2) is 69.9 Å². The van der Waals surface area contributed by atoms with Crippen molar-refractivity contribution in [3.63, 3.8) is 0 Å². The lowest BCUT2D eigenvalue weighted by atomic mass is 10.1. The number of rotatable bonds is 10. The molecule has 4 rings (SSSR count). The fraction of sp³-hybridized carbons (Fsp3) is 0.300. The number of nitro groups is 1. The first-order chi connectivity index (χ1) is 19.6. The molecule has 0 fully saturated rings. The molecule has 3 aromatic carbocycles. The van der Waals surface area contributed by atoms with Gasteiger partial charge in [0, 0.05) is 36.4 Å². The maximum absolute atomic E-state index is 14.1. The molecule has 0 bridgehead atoms. The molecule has 11 heteroatoms. The highest BCUT2D eigenvalue weighted by atomic mass is 79.9. The van der Waals surface area contributed by atoms with Crippen molar-refractivity contribution in [3.05, 3.63) is 97.0 Å². The molecule has 41 heavy (non-hydrogen) atoms. The van der Waals surface area contributed by atoms with Gasteiger partial charge in [-0.2, -0.15) is 0 Å². The summed E-state index contributed by atoms with van der Waals surface area (Å²) in [5.74, 6) is 1.09. The number of non-ortho nitro benzene ring substituents is 1. The van der Waals surface area contributed by atoms with Crippen molar-refractivity contribution < 1.29 is 19.2 Å². The lowest BCUT2D eigenvalue weighted by Gasteiger charge is -2.31. The fourth-order valence-electron chi connectivity index (χ4n) is 4.58. The summed E-state index contributed by atoms with van der Waals surface area (Å²) in [6.07, 6.45) is 0.666. The summed E-state index contributed by atoms with van der Waals surface area (Å²) in [4.78, 5) is 45.4. The van der Waals surface area contributed by atoms with Crippen LogP contribution in [0.4, 0.5) is 5.69 Å². The Labute approximate surface area is 245 Å². The molecule has 1 unspecified atom stereocenters. The molecule has 0 radical (unpaired) electrons. The van der Waals surface area contributed by atoms with Crippen LogP contribution < -0.4 is 15.0 Å². The zero-order chi connectivity index (χ0) is 29.8. The second-order valence-corrected chi connectivity index (χ2v) is 10.7. The largest absolute Gasteiger partial charge is 0.497 e. The second-order valence-electron chi connectivity index (χ2n) is 9.95. The van der Waals surface area contributed by atoms with E-state index in [1.165, 1.54) is 37.0 Å². The Hall–Kier alpha value is -4.25. The smallest absolute Gasteiger partial charge is 0.270 e. The summed E-state index contributed by atoms with van der Waals surface area (Å²) < 4.78 is 13.0. The van der Waals surface area contributed by atoms with E-state index in [1.54, 1.807) is 54.3 Å². The molecule has 10 nitrogen and oxygen atoms in total. The summed E-state index contributed by atoms with van der Waals surface area (Å²) in [5.41, 5.74) is 0.570. The second kappa shape index (κ2) is 12.5. The van der Waals surface area contributed by atoms with Crippen LogP contribution in [0.5, 0.6) is 11.5 Å². The summed E-state index contributed by atoms with van der Waals surface area (Å²) in [6, 6.07) is 15.3. The Balaban J connectivity index is 1.98. The Bertz CT molecular complexity index is 1670. The number of carbonyl (C=O) groups is 1. The minimum atomic E-state index is -0.707. The minimum absolute atomic E-state index is 0.175. The SMILES string of the molecule is COc1cc(OC)c(Br)c(-n2c(C(C)N(CCC(C)C)C(=O)c3cccc([N+](=O)[O-])c3)nc3ccccc3c2=O)c1. The number of amides is 1. The highest BCUT2D eigenvalue weighted by molar-refractivity contribution is 9.10. The van der Waals surface area contributed by atoms with E-state index in [0.29, 0.717) is 51.4 Å². The summed E-state index contributed by atoms with van der Waals surface area (Å²) in [5, 5.41) is 11.8. The standard InChI is InChI=1S/C30H31BrN4O6/c1-18(2)13-14-33(29(36)20-9-8-10-21(15-20)35(38)39)19(3)28-32-24-12-7-6-11-23(24)30(37)34(28)25-16-22(40-4)17-26(41-5)27(25)31/h6-12,15-19H,13-14H2,1-5H3. The van der Waals surface area contributed by atoms with Crippen molar-refractivity contribution in [2.24, 2.45) is 5.92 Å². The number of methoxy groups -OCH3 is 2. The third-order valence-electron chi connectivity index (χ3n) is 6.85. The van der Waals surface area contributed by atoms with E-state index >= 15 is 0 Å². The van der Waals surface area contributed by atoms with E-state index in [9.17, 15) is 19.7 Å². The van der Waals surface area contributed by atoms with Crippen LogP contribution in [-0.4, -0.2) is 46.0 Å². The van der Waals surface area contributed by atoms with Gasteiger partial charge in [-0.25, -0.2) is 4.98 Å². The molecule has 0 saturated carbocycles. The molecule has 0 spiro atoms. The third kappa shape index (κ3) is 6.09. The lowest BCUT2D eigenvalue weighted by Crippen LogP contribution is -2.38. The molecule has 0 saturated heterocycles. The molecule has 0 aliphatic carbocycles. The van der Waals surface area contributed by atoms with Crippen LogP contribution in [0.3, 0.4) is 0 Å². The predicted molar refractivity (Wildman–Crippen MR) is 160 cm³/mol. The van der Waals surface area contributed by atoms with Crippen LogP contribution >= 0.6 is 15.9 Å². The van der Waals surface area contributed by atoms with E-state index in [-0.39, 0.29) is 22.7 Å². The van der Waals surface area contributed by atoms with Gasteiger partial charge in [-0.05, 0) is 53.4 Å². The lowest BCUT2D eigenvalue weighted by molar-refractivity contribution is -0.384. The van der Waals surface area contributed by atoms with Gasteiger partial charge in [-0.1, -0.05) is 32.0 Å². The number of ether oxygens (including phenoxy) is 2. The summed E-state index contributed by atoms with van der Waals surface area (Å²) in [7, 11) is 3.03. The zero-order valence-electron chi connectivity index (χ0n) is 23.5. The van der Waals surface area contributed by atoms with E-state index in [0.717, 1.165) is 0 Å². The Kier molecular flexibility index (Phi) is 9.07. The highest BCUT2D eigenvalue weighted by Crippen LogP contribution is 2.37. The number of carbonyl (C=O) groups excluding carboxylic acids is 1. The summed E-state index contributed by atoms with van der Waals surface area (Å²) in [6.45, 7) is 6.23. The van der Waals surface area contributed by atoms with Crippen LogP contribution in [0.25, 0.3) is 16.6 Å². The van der Waals surface area contributed by atoms with Gasteiger partial charge in [0.2, 0.25) is 0 Å². The number of para-hydroxylation sites is 1. The molecule has 1 atom stereocenters. The van der Waals surface area contributed by atoms with Gasteiger partial charge in [-0.3, -0.25) is 24.3 Å². The Morgan fingerprint density at radius 2 is 1.80 bits per heavy atom. The monoisotopic (exact) mass is 622 g/mol. The van der Waals surface area contributed by atoms with Crippen molar-refractivity contribution in [1.29, 1.82) is 0 Å². The topological polar surface area (TPSA) is 117 Å². The number of aromatic nitrogens is 2. The first kappa shape index (κ1) is 29.7. The van der Waals surface area contributed by atoms with Crippen molar-refractivity contribution in [2.45, 2.75) is 33.2 Å². The number of halogens is 1. The van der Waals surface area contributed by atoms with E-state index in [1.807, 2.05) is 13.8 Å². The van der Waals surface area contributed by atoms with Gasteiger partial charge in [0.1, 0.15) is 17.3 Å². The molecular weight excluding hydrogens is 592 g/mol. The van der Waals surface area contributed by atoms with E-state index < -0.39 is 16.9 Å². The molecule has 1 amide bonds. The number of fused-ring (bicyclic) bond motifs is 1. The quantitative estimate of drug-likeness (QED) is 0.150. The molecule has 0 aliphatic rings. The number of nitrogens with zero attached hydrogens (tertiary/aromatic N) is 4. The van der Waals surface area contributed by atoms with Crippen molar-refractivity contribution in [3.8, 4) is 17.2 Å². The van der Waals surface area contributed by atoms with E-state index in [4.69, 9.17) is 14.5 Å². The molecule has 1 aromatic heterocycles. The van der Waals surface area contributed by atoms with Crippen molar-refractivity contribution >= 4 is 38.4 Å².